The molecule has 4 heteroatoms. The Hall–Kier alpha value is -0.450. The van der Waals surface area contributed by atoms with Crippen LogP contribution in [0.25, 0.3) is 0 Å². The molecule has 1 aromatic heterocycles. The van der Waals surface area contributed by atoms with Crippen LogP contribution in [0.4, 0.5) is 0 Å². The summed E-state index contributed by atoms with van der Waals surface area (Å²) in [7, 11) is 0. The number of aromatic nitrogens is 1. The van der Waals surface area contributed by atoms with Gasteiger partial charge in [-0.2, -0.15) is 0 Å². The molecule has 1 saturated heterocycles. The Morgan fingerprint density at radius 3 is 3.07 bits per heavy atom. The van der Waals surface area contributed by atoms with E-state index in [4.69, 9.17) is 4.74 Å². The van der Waals surface area contributed by atoms with Crippen LogP contribution in [0.5, 0.6) is 0 Å². The second-order valence-corrected chi connectivity index (χ2v) is 4.97. The fourth-order valence-corrected chi connectivity index (χ4v) is 2.44. The predicted molar refractivity (Wildman–Crippen MR) is 62.0 cm³/mol. The quantitative estimate of drug-likeness (QED) is 0.780. The zero-order valence-electron chi connectivity index (χ0n) is 8.95. The molecular weight excluding hydrogens is 208 g/mol. The highest BCUT2D eigenvalue weighted by Gasteiger charge is 2.12. The van der Waals surface area contributed by atoms with E-state index in [-0.39, 0.29) is 0 Å². The zero-order valence-corrected chi connectivity index (χ0v) is 9.76. The molecule has 0 spiro atoms. The number of hydrogen-bond donors (Lipinski definition) is 1. The second kappa shape index (κ2) is 6.20. The number of piperidine rings is 1. The number of ether oxygens (including phenoxy) is 1. The van der Waals surface area contributed by atoms with Gasteiger partial charge in [-0.15, -0.1) is 11.3 Å². The molecule has 1 aliphatic rings. The van der Waals surface area contributed by atoms with Crippen LogP contribution in [0.2, 0.25) is 0 Å². The molecule has 2 rings (SSSR count). The van der Waals surface area contributed by atoms with E-state index in [0.717, 1.165) is 19.1 Å². The van der Waals surface area contributed by atoms with Crippen molar-refractivity contribution in [2.24, 2.45) is 5.92 Å². The second-order valence-electron chi connectivity index (χ2n) is 4.00. The van der Waals surface area contributed by atoms with Gasteiger partial charge in [0.25, 0.3) is 0 Å². The van der Waals surface area contributed by atoms with Crippen LogP contribution in [0.3, 0.4) is 0 Å². The van der Waals surface area contributed by atoms with E-state index in [0.29, 0.717) is 0 Å². The largest absolute Gasteiger partial charge is 0.376 e. The first kappa shape index (κ1) is 11.0. The van der Waals surface area contributed by atoms with E-state index in [2.05, 4.69) is 10.3 Å². The third-order valence-electron chi connectivity index (χ3n) is 2.86. The highest BCUT2D eigenvalue weighted by atomic mass is 32.1. The molecule has 1 aromatic rings. The molecule has 15 heavy (non-hydrogen) atoms. The molecule has 0 saturated carbocycles. The van der Waals surface area contributed by atoms with Gasteiger partial charge in [-0.1, -0.05) is 0 Å². The van der Waals surface area contributed by atoms with Crippen LogP contribution in [0, 0.1) is 5.92 Å². The zero-order chi connectivity index (χ0) is 10.3. The van der Waals surface area contributed by atoms with Crippen molar-refractivity contribution in [3.63, 3.8) is 0 Å². The van der Waals surface area contributed by atoms with E-state index in [1.54, 1.807) is 11.3 Å². The SMILES string of the molecule is c1ncc(COCCC2CCNCC2)s1. The number of nitrogens with one attached hydrogen (secondary N) is 1. The summed E-state index contributed by atoms with van der Waals surface area (Å²) in [5.41, 5.74) is 1.85. The Bertz CT molecular complexity index is 258. The predicted octanol–water partition coefficient (Wildman–Crippen LogP) is 2.05. The lowest BCUT2D eigenvalue weighted by Gasteiger charge is -2.22. The molecule has 2 heterocycles. The van der Waals surface area contributed by atoms with Crippen LogP contribution < -0.4 is 5.32 Å². The van der Waals surface area contributed by atoms with Gasteiger partial charge < -0.3 is 10.1 Å². The molecule has 0 radical (unpaired) electrons. The molecule has 0 atom stereocenters. The van der Waals surface area contributed by atoms with Crippen molar-refractivity contribution >= 4 is 11.3 Å². The van der Waals surface area contributed by atoms with E-state index in [9.17, 15) is 0 Å². The minimum absolute atomic E-state index is 0.732. The maximum absolute atomic E-state index is 5.63. The maximum Gasteiger partial charge on any atom is 0.0825 e. The molecule has 1 N–H and O–H groups in total. The summed E-state index contributed by atoms with van der Waals surface area (Å²) < 4.78 is 5.63. The van der Waals surface area contributed by atoms with Crippen molar-refractivity contribution in [1.29, 1.82) is 0 Å². The van der Waals surface area contributed by atoms with E-state index in [1.807, 2.05) is 11.7 Å². The molecule has 1 fully saturated rings. The topological polar surface area (TPSA) is 34.1 Å². The van der Waals surface area contributed by atoms with Gasteiger partial charge in [-0.05, 0) is 38.3 Å². The molecule has 0 aromatic carbocycles. The lowest BCUT2D eigenvalue weighted by Crippen LogP contribution is -2.28. The number of nitrogens with zero attached hydrogens (tertiary/aromatic N) is 1. The first-order valence-electron chi connectivity index (χ1n) is 5.61. The molecule has 0 aliphatic carbocycles. The Morgan fingerprint density at radius 2 is 2.33 bits per heavy atom. The van der Waals surface area contributed by atoms with Crippen molar-refractivity contribution in [2.45, 2.75) is 25.9 Å². The standard InChI is InChI=1S/C11H18N2OS/c1-4-12-5-2-10(1)3-6-14-8-11-7-13-9-15-11/h7,9-10,12H,1-6,8H2. The van der Waals surface area contributed by atoms with Crippen molar-refractivity contribution in [2.75, 3.05) is 19.7 Å². The molecular formula is C11H18N2OS. The Balaban J connectivity index is 1.54. The average Bonchev–Trinajstić information content (AvgIpc) is 2.79. The van der Waals surface area contributed by atoms with Gasteiger partial charge >= 0.3 is 0 Å². The van der Waals surface area contributed by atoms with Gasteiger partial charge in [-0.3, -0.25) is 4.98 Å². The number of thiazole rings is 1. The minimum Gasteiger partial charge on any atom is -0.376 e. The van der Waals surface area contributed by atoms with Crippen molar-refractivity contribution in [1.82, 2.24) is 10.3 Å². The molecule has 84 valence electrons. The fraction of sp³-hybridized carbons (Fsp3) is 0.727. The van der Waals surface area contributed by atoms with Crippen LogP contribution >= 0.6 is 11.3 Å². The summed E-state index contributed by atoms with van der Waals surface area (Å²) in [4.78, 5) is 5.24. The van der Waals surface area contributed by atoms with Gasteiger partial charge in [0.2, 0.25) is 0 Å². The third kappa shape index (κ3) is 3.89. The maximum atomic E-state index is 5.63. The number of hydrogen-bond acceptors (Lipinski definition) is 4. The Labute approximate surface area is 94.9 Å². The monoisotopic (exact) mass is 226 g/mol. The van der Waals surface area contributed by atoms with Crippen molar-refractivity contribution in [3.05, 3.63) is 16.6 Å². The lowest BCUT2D eigenvalue weighted by atomic mass is 9.95. The summed E-state index contributed by atoms with van der Waals surface area (Å²) in [5.74, 6) is 0.868. The van der Waals surface area contributed by atoms with Gasteiger partial charge in [0, 0.05) is 12.8 Å². The van der Waals surface area contributed by atoms with Crippen LogP contribution in [0.1, 0.15) is 24.1 Å². The van der Waals surface area contributed by atoms with Crippen LogP contribution in [-0.4, -0.2) is 24.7 Å². The molecule has 0 amide bonds. The van der Waals surface area contributed by atoms with Crippen molar-refractivity contribution < 1.29 is 4.74 Å². The minimum atomic E-state index is 0.732. The average molecular weight is 226 g/mol. The van der Waals surface area contributed by atoms with Crippen molar-refractivity contribution in [3.8, 4) is 0 Å². The summed E-state index contributed by atoms with van der Waals surface area (Å²) in [6.45, 7) is 3.98. The highest BCUT2D eigenvalue weighted by molar-refractivity contribution is 7.09. The smallest absolute Gasteiger partial charge is 0.0825 e. The summed E-state index contributed by atoms with van der Waals surface area (Å²) >= 11 is 1.66. The van der Waals surface area contributed by atoms with E-state index >= 15 is 0 Å². The normalized spacial score (nSPS) is 18.1. The van der Waals surface area contributed by atoms with Gasteiger partial charge in [0.15, 0.2) is 0 Å². The van der Waals surface area contributed by atoms with E-state index < -0.39 is 0 Å². The first-order chi connectivity index (χ1) is 7.45. The molecule has 1 aliphatic heterocycles. The van der Waals surface area contributed by atoms with Gasteiger partial charge in [0.05, 0.1) is 17.0 Å². The lowest BCUT2D eigenvalue weighted by molar-refractivity contribution is 0.104. The number of rotatable bonds is 5. The summed E-state index contributed by atoms with van der Waals surface area (Å²) in [6.07, 6.45) is 5.71. The molecule has 0 bridgehead atoms. The summed E-state index contributed by atoms with van der Waals surface area (Å²) in [5, 5.41) is 3.38. The Kier molecular flexibility index (Phi) is 4.57. The molecule has 3 nitrogen and oxygen atoms in total. The Morgan fingerprint density at radius 1 is 1.47 bits per heavy atom. The molecule has 0 unspecified atom stereocenters. The van der Waals surface area contributed by atoms with E-state index in [1.165, 1.54) is 37.2 Å². The fourth-order valence-electron chi connectivity index (χ4n) is 1.91. The highest BCUT2D eigenvalue weighted by Crippen LogP contribution is 2.16. The first-order valence-corrected chi connectivity index (χ1v) is 6.49. The van der Waals surface area contributed by atoms with Crippen LogP contribution in [-0.2, 0) is 11.3 Å². The van der Waals surface area contributed by atoms with Gasteiger partial charge in [-0.25, -0.2) is 0 Å². The third-order valence-corrected chi connectivity index (χ3v) is 3.61. The van der Waals surface area contributed by atoms with Crippen LogP contribution in [0.15, 0.2) is 11.7 Å². The van der Waals surface area contributed by atoms with Gasteiger partial charge in [0.1, 0.15) is 0 Å². The summed E-state index contributed by atoms with van der Waals surface area (Å²) in [6, 6.07) is 0.